The van der Waals surface area contributed by atoms with Crippen molar-refractivity contribution in [2.24, 2.45) is 0 Å². The van der Waals surface area contributed by atoms with Crippen LogP contribution in [0.15, 0.2) is 36.5 Å². The van der Waals surface area contributed by atoms with Crippen molar-refractivity contribution in [1.82, 2.24) is 5.32 Å². The fraction of sp³-hybridized carbons (Fsp3) is 0.825. The van der Waals surface area contributed by atoms with Crippen LogP contribution in [-0.2, 0) is 18.4 Å². The lowest BCUT2D eigenvalue weighted by Gasteiger charge is -2.25. The Bertz CT molecular complexity index is 902. The molecular formula is C40H78N2O6P+. The maximum Gasteiger partial charge on any atom is 0.472 e. The molecule has 0 aromatic rings. The Balaban J connectivity index is 4.35. The van der Waals surface area contributed by atoms with Crippen molar-refractivity contribution in [2.75, 3.05) is 40.9 Å². The van der Waals surface area contributed by atoms with E-state index in [1.54, 1.807) is 6.08 Å². The zero-order valence-corrected chi connectivity index (χ0v) is 33.3. The van der Waals surface area contributed by atoms with Crippen molar-refractivity contribution < 1.29 is 32.9 Å². The third-order valence-electron chi connectivity index (χ3n) is 8.60. The lowest BCUT2D eigenvalue weighted by molar-refractivity contribution is -0.870. The van der Waals surface area contributed by atoms with Crippen molar-refractivity contribution in [2.45, 2.75) is 174 Å². The summed E-state index contributed by atoms with van der Waals surface area (Å²) in [4.78, 5) is 22.9. The predicted molar refractivity (Wildman–Crippen MR) is 208 cm³/mol. The fourth-order valence-electron chi connectivity index (χ4n) is 5.36. The molecule has 3 atom stereocenters. The van der Waals surface area contributed by atoms with Gasteiger partial charge in [-0.15, -0.1) is 0 Å². The van der Waals surface area contributed by atoms with E-state index in [-0.39, 0.29) is 19.1 Å². The molecule has 0 aromatic carbocycles. The van der Waals surface area contributed by atoms with E-state index in [0.29, 0.717) is 17.4 Å². The van der Waals surface area contributed by atoms with Crippen LogP contribution >= 0.6 is 7.82 Å². The minimum atomic E-state index is -4.33. The number of nitrogens with one attached hydrogen (secondary N) is 1. The van der Waals surface area contributed by atoms with Gasteiger partial charge < -0.3 is 19.8 Å². The summed E-state index contributed by atoms with van der Waals surface area (Å²) < 4.78 is 23.4. The molecule has 0 radical (unpaired) electrons. The lowest BCUT2D eigenvalue weighted by atomic mass is 10.0. The van der Waals surface area contributed by atoms with Gasteiger partial charge in [-0.05, 0) is 51.4 Å². The van der Waals surface area contributed by atoms with Crippen molar-refractivity contribution in [3.05, 3.63) is 36.5 Å². The number of unbranched alkanes of at least 4 members (excludes halogenated alkanes) is 18. The molecule has 0 saturated carbocycles. The third-order valence-corrected chi connectivity index (χ3v) is 9.59. The van der Waals surface area contributed by atoms with Gasteiger partial charge in [0.05, 0.1) is 39.9 Å². The van der Waals surface area contributed by atoms with Crippen LogP contribution in [0.25, 0.3) is 0 Å². The Kier molecular flexibility index (Phi) is 31.8. The minimum Gasteiger partial charge on any atom is -0.387 e. The Morgan fingerprint density at radius 3 is 1.71 bits per heavy atom. The Labute approximate surface area is 302 Å². The summed E-state index contributed by atoms with van der Waals surface area (Å²) in [5.74, 6) is -0.187. The summed E-state index contributed by atoms with van der Waals surface area (Å²) in [5, 5.41) is 13.7. The molecule has 3 unspecified atom stereocenters. The number of nitrogens with zero attached hydrogens (tertiary/aromatic N) is 1. The molecule has 9 heteroatoms. The summed E-state index contributed by atoms with van der Waals surface area (Å²) in [6.07, 6.45) is 37.9. The zero-order valence-electron chi connectivity index (χ0n) is 32.4. The molecule has 0 aliphatic heterocycles. The number of aliphatic hydroxyl groups excluding tert-OH is 1. The molecule has 288 valence electrons. The Morgan fingerprint density at radius 1 is 0.694 bits per heavy atom. The van der Waals surface area contributed by atoms with Crippen molar-refractivity contribution >= 4 is 13.7 Å². The number of hydrogen-bond acceptors (Lipinski definition) is 5. The Morgan fingerprint density at radius 2 is 1.16 bits per heavy atom. The van der Waals surface area contributed by atoms with E-state index in [9.17, 15) is 19.4 Å². The summed E-state index contributed by atoms with van der Waals surface area (Å²) in [5.41, 5.74) is 0. The van der Waals surface area contributed by atoms with Gasteiger partial charge in [0.15, 0.2) is 0 Å². The van der Waals surface area contributed by atoms with E-state index in [1.807, 2.05) is 27.2 Å². The predicted octanol–water partition coefficient (Wildman–Crippen LogP) is 10.4. The highest BCUT2D eigenvalue weighted by Gasteiger charge is 2.27. The smallest absolute Gasteiger partial charge is 0.387 e. The van der Waals surface area contributed by atoms with Crippen LogP contribution in [-0.4, -0.2) is 73.4 Å². The normalized spacial score (nSPS) is 15.0. The first-order valence-corrected chi connectivity index (χ1v) is 21.4. The first-order valence-electron chi connectivity index (χ1n) is 19.9. The first-order chi connectivity index (χ1) is 23.5. The summed E-state index contributed by atoms with van der Waals surface area (Å²) in [6, 6.07) is -0.844. The number of carbonyl (C=O) groups is 1. The van der Waals surface area contributed by atoms with Crippen LogP contribution in [0, 0.1) is 0 Å². The molecule has 1 amide bonds. The van der Waals surface area contributed by atoms with Gasteiger partial charge in [0.1, 0.15) is 13.2 Å². The standard InChI is InChI=1S/C40H77N2O6P/c1-6-8-10-12-14-16-17-18-19-20-21-22-23-24-25-26-28-30-32-34-40(44)41-38(37-48-49(45,46)47-36-35-42(3,4)5)39(43)33-31-29-27-15-13-11-9-7-2/h14,16,18-19,31,33,38-39,43H,6-13,15,17,20-30,32,34-37H2,1-5H3,(H-,41,44,45,46)/p+1/b16-14-,19-18-,33-31+. The van der Waals surface area contributed by atoms with Crippen molar-refractivity contribution in [1.29, 1.82) is 0 Å². The van der Waals surface area contributed by atoms with Gasteiger partial charge in [0.2, 0.25) is 5.91 Å². The zero-order chi connectivity index (χ0) is 36.5. The second-order valence-corrected chi connectivity index (χ2v) is 16.1. The molecule has 0 saturated heterocycles. The molecular weight excluding hydrogens is 635 g/mol. The van der Waals surface area contributed by atoms with Crippen molar-refractivity contribution in [3.63, 3.8) is 0 Å². The summed E-state index contributed by atoms with van der Waals surface area (Å²) in [7, 11) is 1.56. The van der Waals surface area contributed by atoms with Crippen LogP contribution in [0.3, 0.4) is 0 Å². The molecule has 8 nitrogen and oxygen atoms in total. The SMILES string of the molecule is CCCCC/C=C\C/C=C\CCCCCCCCCCCC(=O)NC(COP(=O)(O)OCC[N+](C)(C)C)C(O)/C=C/CCCCCCCC. The second kappa shape index (κ2) is 32.6. The van der Waals surface area contributed by atoms with Crippen molar-refractivity contribution in [3.8, 4) is 0 Å². The van der Waals surface area contributed by atoms with E-state index in [1.165, 1.54) is 96.3 Å². The largest absolute Gasteiger partial charge is 0.472 e. The molecule has 0 aliphatic carbocycles. The number of rotatable bonds is 35. The van der Waals surface area contributed by atoms with Crippen LogP contribution in [0.4, 0.5) is 0 Å². The first kappa shape index (κ1) is 47.7. The van der Waals surface area contributed by atoms with Gasteiger partial charge in [0.25, 0.3) is 0 Å². The number of phosphoric ester groups is 1. The number of phosphoric acid groups is 1. The highest BCUT2D eigenvalue weighted by atomic mass is 31.2. The van der Waals surface area contributed by atoms with E-state index in [4.69, 9.17) is 9.05 Å². The van der Waals surface area contributed by atoms with E-state index >= 15 is 0 Å². The number of amides is 1. The number of quaternary nitrogens is 1. The van der Waals surface area contributed by atoms with Gasteiger partial charge in [-0.1, -0.05) is 140 Å². The highest BCUT2D eigenvalue weighted by molar-refractivity contribution is 7.47. The molecule has 0 bridgehead atoms. The van der Waals surface area contributed by atoms with E-state index < -0.39 is 20.0 Å². The maximum absolute atomic E-state index is 12.8. The average Bonchev–Trinajstić information content (AvgIpc) is 3.04. The highest BCUT2D eigenvalue weighted by Crippen LogP contribution is 2.43. The van der Waals surface area contributed by atoms with Gasteiger partial charge in [-0.3, -0.25) is 13.8 Å². The lowest BCUT2D eigenvalue weighted by Crippen LogP contribution is -2.45. The van der Waals surface area contributed by atoms with Crippen LogP contribution in [0.1, 0.15) is 162 Å². The van der Waals surface area contributed by atoms with Crippen LogP contribution < -0.4 is 5.32 Å². The third kappa shape index (κ3) is 34.9. The van der Waals surface area contributed by atoms with E-state index in [0.717, 1.165) is 44.9 Å². The molecule has 0 heterocycles. The van der Waals surface area contributed by atoms with Gasteiger partial charge in [-0.25, -0.2) is 4.57 Å². The van der Waals surface area contributed by atoms with Crippen LogP contribution in [0.5, 0.6) is 0 Å². The van der Waals surface area contributed by atoms with Gasteiger partial charge in [-0.2, -0.15) is 0 Å². The minimum absolute atomic E-state index is 0.0597. The number of allylic oxidation sites excluding steroid dienone is 5. The molecule has 0 aliphatic rings. The molecule has 49 heavy (non-hydrogen) atoms. The number of aliphatic hydroxyl groups is 1. The number of likely N-dealkylation sites (N-methyl/N-ethyl adjacent to an activating group) is 1. The summed E-state index contributed by atoms with van der Waals surface area (Å²) >= 11 is 0. The molecule has 0 rings (SSSR count). The summed E-state index contributed by atoms with van der Waals surface area (Å²) in [6.45, 7) is 4.72. The number of carbonyl (C=O) groups excluding carboxylic acids is 1. The van der Waals surface area contributed by atoms with E-state index in [2.05, 4.69) is 43.5 Å². The topological polar surface area (TPSA) is 105 Å². The average molecular weight is 714 g/mol. The van der Waals surface area contributed by atoms with Crippen LogP contribution in [0.2, 0.25) is 0 Å². The van der Waals surface area contributed by atoms with Gasteiger partial charge in [0, 0.05) is 6.42 Å². The quantitative estimate of drug-likeness (QED) is 0.0261. The monoisotopic (exact) mass is 714 g/mol. The molecule has 3 N–H and O–H groups in total. The molecule has 0 fully saturated rings. The van der Waals surface area contributed by atoms with Gasteiger partial charge >= 0.3 is 7.82 Å². The molecule has 0 spiro atoms. The molecule has 0 aromatic heterocycles. The Hall–Kier alpha value is -1.28. The fourth-order valence-corrected chi connectivity index (χ4v) is 6.10. The maximum atomic E-state index is 12.8. The number of hydrogen-bond donors (Lipinski definition) is 3. The second-order valence-electron chi connectivity index (χ2n) is 14.7.